The van der Waals surface area contributed by atoms with Crippen LogP contribution in [0.25, 0.3) is 22.0 Å². The molecule has 2 aromatic heterocycles. The summed E-state index contributed by atoms with van der Waals surface area (Å²) in [5.41, 5.74) is 10.8. The van der Waals surface area contributed by atoms with Crippen molar-refractivity contribution >= 4 is 16.8 Å². The summed E-state index contributed by atoms with van der Waals surface area (Å²) in [6.45, 7) is 5.89. The zero-order chi connectivity index (χ0) is 17.4. The Hall–Kier alpha value is -2.89. The summed E-state index contributed by atoms with van der Waals surface area (Å²) in [6.07, 6.45) is 0. The average Bonchev–Trinajstić information content (AvgIpc) is 2.79. The summed E-state index contributed by atoms with van der Waals surface area (Å²) in [5.74, 6) is 0.321. The number of carbonyl (C=O) groups is 1. The van der Waals surface area contributed by atoms with Gasteiger partial charge in [0.15, 0.2) is 0 Å². The third-order valence-electron chi connectivity index (χ3n) is 4.14. The second-order valence-electron chi connectivity index (χ2n) is 5.83. The first-order valence-electron chi connectivity index (χ1n) is 7.69. The second kappa shape index (κ2) is 5.96. The van der Waals surface area contributed by atoms with Crippen molar-refractivity contribution in [2.45, 2.75) is 27.3 Å². The predicted octanol–water partition coefficient (Wildman–Crippen LogP) is 2.52. The number of hydrogen-bond acceptors (Lipinski definition) is 4. The Morgan fingerprint density at radius 3 is 2.62 bits per heavy atom. The van der Waals surface area contributed by atoms with Crippen molar-refractivity contribution in [1.82, 2.24) is 14.8 Å². The number of hydrogen-bond donors (Lipinski definition) is 1. The second-order valence-corrected chi connectivity index (χ2v) is 5.83. The maximum Gasteiger partial charge on any atom is 0.239 e. The molecule has 124 valence electrons. The quantitative estimate of drug-likeness (QED) is 0.799. The molecule has 1 amide bonds. The van der Waals surface area contributed by atoms with Gasteiger partial charge in [-0.05, 0) is 44.5 Å². The Morgan fingerprint density at radius 1 is 1.21 bits per heavy atom. The van der Waals surface area contributed by atoms with Crippen LogP contribution in [0.4, 0.5) is 0 Å². The fraction of sp³-hybridized carbons (Fsp3) is 0.278. The summed E-state index contributed by atoms with van der Waals surface area (Å²) < 4.78 is 7.09. The first-order valence-corrected chi connectivity index (χ1v) is 7.69. The highest BCUT2D eigenvalue weighted by Crippen LogP contribution is 2.36. The molecule has 0 saturated carbocycles. The number of pyridine rings is 1. The van der Waals surface area contributed by atoms with Gasteiger partial charge in [0, 0.05) is 22.3 Å². The fourth-order valence-corrected chi connectivity index (χ4v) is 3.06. The minimum absolute atomic E-state index is 0.0676. The highest BCUT2D eigenvalue weighted by atomic mass is 16.5. The Balaban J connectivity index is 2.28. The number of ether oxygens (including phenoxy) is 1. The van der Waals surface area contributed by atoms with Crippen LogP contribution in [0.2, 0.25) is 0 Å². The molecule has 0 aliphatic heterocycles. The van der Waals surface area contributed by atoms with Gasteiger partial charge in [-0.3, -0.25) is 9.48 Å². The number of amides is 1. The standard InChI is InChI=1S/C18H20N4O2/c1-10-5-6-14-13(7-8-15(24-4)18(14)20-10)17-11(2)21-22(12(17)3)9-16(19)23/h5-8H,9H2,1-4H3,(H2,19,23). The van der Waals surface area contributed by atoms with Crippen LogP contribution >= 0.6 is 0 Å². The minimum atomic E-state index is -0.413. The van der Waals surface area contributed by atoms with Crippen LogP contribution in [-0.4, -0.2) is 27.8 Å². The fourth-order valence-electron chi connectivity index (χ4n) is 3.06. The van der Waals surface area contributed by atoms with Crippen LogP contribution in [0.1, 0.15) is 17.1 Å². The minimum Gasteiger partial charge on any atom is -0.494 e. The van der Waals surface area contributed by atoms with Crippen LogP contribution in [0.5, 0.6) is 5.75 Å². The molecular formula is C18H20N4O2. The smallest absolute Gasteiger partial charge is 0.239 e. The van der Waals surface area contributed by atoms with Gasteiger partial charge in [0.05, 0.1) is 12.8 Å². The average molecular weight is 324 g/mol. The lowest BCUT2D eigenvalue weighted by atomic mass is 9.98. The normalized spacial score (nSPS) is 11.0. The van der Waals surface area contributed by atoms with E-state index < -0.39 is 5.91 Å². The molecular weight excluding hydrogens is 304 g/mol. The molecule has 0 atom stereocenters. The Labute approximate surface area is 140 Å². The van der Waals surface area contributed by atoms with Crippen LogP contribution in [-0.2, 0) is 11.3 Å². The largest absolute Gasteiger partial charge is 0.494 e. The van der Waals surface area contributed by atoms with Crippen LogP contribution in [0, 0.1) is 20.8 Å². The molecule has 1 aromatic carbocycles. The number of aromatic nitrogens is 3. The summed E-state index contributed by atoms with van der Waals surface area (Å²) in [5, 5.41) is 5.45. The molecule has 6 nitrogen and oxygen atoms in total. The van der Waals surface area contributed by atoms with Gasteiger partial charge < -0.3 is 10.5 Å². The molecule has 0 aliphatic carbocycles. The number of nitrogens with two attached hydrogens (primary N) is 1. The van der Waals surface area contributed by atoms with Gasteiger partial charge in [0.2, 0.25) is 5.91 Å². The van der Waals surface area contributed by atoms with E-state index in [0.29, 0.717) is 0 Å². The third-order valence-corrected chi connectivity index (χ3v) is 4.14. The van der Waals surface area contributed by atoms with Crippen LogP contribution in [0.15, 0.2) is 24.3 Å². The number of fused-ring (bicyclic) bond motifs is 1. The molecule has 0 radical (unpaired) electrons. The van der Waals surface area contributed by atoms with Gasteiger partial charge in [0.25, 0.3) is 0 Å². The van der Waals surface area contributed by atoms with Crippen molar-refractivity contribution in [3.63, 3.8) is 0 Å². The number of nitrogens with zero attached hydrogens (tertiary/aromatic N) is 3. The maximum absolute atomic E-state index is 11.2. The first-order chi connectivity index (χ1) is 11.4. The van der Waals surface area contributed by atoms with Crippen molar-refractivity contribution in [2.75, 3.05) is 7.11 Å². The van der Waals surface area contributed by atoms with E-state index in [-0.39, 0.29) is 6.54 Å². The Bertz CT molecular complexity index is 944. The topological polar surface area (TPSA) is 83.0 Å². The summed E-state index contributed by atoms with van der Waals surface area (Å²) >= 11 is 0. The highest BCUT2D eigenvalue weighted by molar-refractivity contribution is 5.99. The van der Waals surface area contributed by atoms with Crippen molar-refractivity contribution in [3.8, 4) is 16.9 Å². The third kappa shape index (κ3) is 2.60. The van der Waals surface area contributed by atoms with Gasteiger partial charge in [-0.1, -0.05) is 6.07 Å². The summed E-state index contributed by atoms with van der Waals surface area (Å²) in [7, 11) is 1.64. The lowest BCUT2D eigenvalue weighted by molar-refractivity contribution is -0.118. The van der Waals surface area contributed by atoms with Gasteiger partial charge in [-0.2, -0.15) is 5.10 Å². The molecule has 0 unspecified atom stereocenters. The molecule has 3 rings (SSSR count). The van der Waals surface area contributed by atoms with Crippen molar-refractivity contribution < 1.29 is 9.53 Å². The lowest BCUT2D eigenvalue weighted by Gasteiger charge is -2.11. The van der Waals surface area contributed by atoms with Crippen LogP contribution < -0.4 is 10.5 Å². The number of carbonyl (C=O) groups excluding carboxylic acids is 1. The zero-order valence-electron chi connectivity index (χ0n) is 14.3. The predicted molar refractivity (Wildman–Crippen MR) is 92.9 cm³/mol. The molecule has 0 bridgehead atoms. The van der Waals surface area contributed by atoms with E-state index in [1.54, 1.807) is 11.8 Å². The van der Waals surface area contributed by atoms with Crippen LogP contribution in [0.3, 0.4) is 0 Å². The number of aryl methyl sites for hydroxylation is 2. The first kappa shape index (κ1) is 16.0. The van der Waals surface area contributed by atoms with Gasteiger partial charge in [0.1, 0.15) is 17.8 Å². The number of methoxy groups -OCH3 is 1. The zero-order valence-corrected chi connectivity index (χ0v) is 14.3. The molecule has 0 fully saturated rings. The van der Waals surface area contributed by atoms with E-state index in [1.165, 1.54) is 0 Å². The van der Waals surface area contributed by atoms with Gasteiger partial charge in [-0.25, -0.2) is 4.98 Å². The maximum atomic E-state index is 11.2. The van der Waals surface area contributed by atoms with Crippen molar-refractivity contribution in [2.24, 2.45) is 5.73 Å². The van der Waals surface area contributed by atoms with Crippen molar-refractivity contribution in [1.29, 1.82) is 0 Å². The monoisotopic (exact) mass is 324 g/mol. The highest BCUT2D eigenvalue weighted by Gasteiger charge is 2.18. The van der Waals surface area contributed by atoms with Crippen molar-refractivity contribution in [3.05, 3.63) is 41.3 Å². The molecule has 2 N–H and O–H groups in total. The molecule has 0 spiro atoms. The SMILES string of the molecule is COc1ccc(-c2c(C)nn(CC(N)=O)c2C)c2ccc(C)nc12. The lowest BCUT2D eigenvalue weighted by Crippen LogP contribution is -2.20. The molecule has 6 heteroatoms. The molecule has 24 heavy (non-hydrogen) atoms. The van der Waals surface area contributed by atoms with Gasteiger partial charge in [-0.15, -0.1) is 0 Å². The number of rotatable bonds is 4. The van der Waals surface area contributed by atoms with E-state index in [1.807, 2.05) is 45.0 Å². The molecule has 3 aromatic rings. The van der Waals surface area contributed by atoms with E-state index >= 15 is 0 Å². The molecule has 0 aliphatic rings. The van der Waals surface area contributed by atoms with E-state index in [2.05, 4.69) is 10.1 Å². The molecule has 2 heterocycles. The van der Waals surface area contributed by atoms with E-state index in [9.17, 15) is 4.79 Å². The van der Waals surface area contributed by atoms with E-state index in [4.69, 9.17) is 10.5 Å². The van der Waals surface area contributed by atoms with E-state index in [0.717, 1.165) is 44.9 Å². The summed E-state index contributed by atoms with van der Waals surface area (Å²) in [6, 6.07) is 7.93. The number of primary amides is 1. The summed E-state index contributed by atoms with van der Waals surface area (Å²) in [4.78, 5) is 15.9. The Morgan fingerprint density at radius 2 is 1.96 bits per heavy atom. The molecule has 0 saturated heterocycles. The number of benzene rings is 1. The van der Waals surface area contributed by atoms with Gasteiger partial charge >= 0.3 is 0 Å². The Kier molecular flexibility index (Phi) is 3.97.